The Morgan fingerprint density at radius 3 is 2.08 bits per heavy atom. The highest BCUT2D eigenvalue weighted by Crippen LogP contribution is 2.30. The summed E-state index contributed by atoms with van der Waals surface area (Å²) in [6.45, 7) is 0. The molecular formula is C25H28F4N4O4. The van der Waals surface area contributed by atoms with E-state index in [4.69, 9.17) is 0 Å². The van der Waals surface area contributed by atoms with Gasteiger partial charge in [-0.15, -0.1) is 0 Å². The Morgan fingerprint density at radius 1 is 0.946 bits per heavy atom. The van der Waals surface area contributed by atoms with Crippen molar-refractivity contribution in [3.63, 3.8) is 0 Å². The molecule has 200 valence electrons. The van der Waals surface area contributed by atoms with Crippen LogP contribution >= 0.6 is 0 Å². The van der Waals surface area contributed by atoms with E-state index in [9.17, 15) is 27.6 Å². The summed E-state index contributed by atoms with van der Waals surface area (Å²) in [7, 11) is 6.19. The SMILES string of the molecule is CN(C)C(=O)c1ccc(-c2ccc(N(C)C(=O)N(C)C3CCC(OC(=O)C(F)(F)F)CC3)c(F)c2)cn1. The van der Waals surface area contributed by atoms with E-state index in [1.807, 2.05) is 0 Å². The maximum absolute atomic E-state index is 15.0. The van der Waals surface area contributed by atoms with Crippen LogP contribution in [0.2, 0.25) is 0 Å². The minimum Gasteiger partial charge on any atom is -0.456 e. The third-order valence-corrected chi connectivity index (χ3v) is 6.32. The van der Waals surface area contributed by atoms with Crippen LogP contribution in [0.5, 0.6) is 0 Å². The number of carbonyl (C=O) groups excluding carboxylic acids is 3. The van der Waals surface area contributed by atoms with E-state index in [1.165, 1.54) is 35.2 Å². The monoisotopic (exact) mass is 524 g/mol. The molecular weight excluding hydrogens is 496 g/mol. The van der Waals surface area contributed by atoms with E-state index in [-0.39, 0.29) is 36.2 Å². The van der Waals surface area contributed by atoms with Crippen LogP contribution < -0.4 is 4.90 Å². The Morgan fingerprint density at radius 2 is 1.57 bits per heavy atom. The highest BCUT2D eigenvalue weighted by Gasteiger charge is 2.43. The van der Waals surface area contributed by atoms with E-state index < -0.39 is 30.1 Å². The minimum atomic E-state index is -5.04. The van der Waals surface area contributed by atoms with E-state index in [2.05, 4.69) is 9.72 Å². The van der Waals surface area contributed by atoms with Crippen LogP contribution in [0, 0.1) is 5.82 Å². The summed E-state index contributed by atoms with van der Waals surface area (Å²) in [6, 6.07) is 6.78. The summed E-state index contributed by atoms with van der Waals surface area (Å²) in [5, 5.41) is 0. The lowest BCUT2D eigenvalue weighted by Gasteiger charge is -2.36. The Balaban J connectivity index is 1.63. The van der Waals surface area contributed by atoms with Crippen molar-refractivity contribution >= 4 is 23.6 Å². The fraction of sp³-hybridized carbons (Fsp3) is 0.440. The van der Waals surface area contributed by atoms with Gasteiger partial charge in [-0.2, -0.15) is 13.2 Å². The van der Waals surface area contributed by atoms with Crippen LogP contribution in [-0.4, -0.2) is 79.2 Å². The van der Waals surface area contributed by atoms with Crippen LogP contribution in [0.3, 0.4) is 0 Å². The van der Waals surface area contributed by atoms with Gasteiger partial charge in [0.05, 0.1) is 5.69 Å². The highest BCUT2D eigenvalue weighted by molar-refractivity contribution is 5.93. The van der Waals surface area contributed by atoms with Gasteiger partial charge < -0.3 is 14.5 Å². The standard InChI is InChI=1S/C25H28F4N4O4/c1-31(2)22(34)20-11-5-16(14-30-20)15-6-12-21(19(26)13-15)33(4)24(36)32(3)17-7-9-18(10-8-17)37-23(35)25(27,28)29/h5-6,11-14,17-18H,7-10H2,1-4H3. The van der Waals surface area contributed by atoms with Gasteiger partial charge in [-0.1, -0.05) is 12.1 Å². The maximum Gasteiger partial charge on any atom is 0.490 e. The lowest BCUT2D eigenvalue weighted by atomic mass is 9.92. The van der Waals surface area contributed by atoms with E-state index in [0.29, 0.717) is 24.0 Å². The molecule has 1 aromatic carbocycles. The number of pyridine rings is 1. The van der Waals surface area contributed by atoms with Crippen LogP contribution in [-0.2, 0) is 9.53 Å². The molecule has 1 aromatic heterocycles. The summed E-state index contributed by atoms with van der Waals surface area (Å²) in [5.74, 6) is -3.11. The Kier molecular flexibility index (Phi) is 8.39. The van der Waals surface area contributed by atoms with Crippen molar-refractivity contribution in [2.45, 2.75) is 44.0 Å². The summed E-state index contributed by atoms with van der Waals surface area (Å²) < 4.78 is 56.7. The largest absolute Gasteiger partial charge is 0.490 e. The van der Waals surface area contributed by atoms with Crippen LogP contribution in [0.4, 0.5) is 28.0 Å². The molecule has 0 aliphatic heterocycles. The average molecular weight is 525 g/mol. The molecule has 0 spiro atoms. The average Bonchev–Trinajstić information content (AvgIpc) is 2.86. The van der Waals surface area contributed by atoms with Crippen molar-refractivity contribution in [1.82, 2.24) is 14.8 Å². The van der Waals surface area contributed by atoms with Gasteiger partial charge in [0.15, 0.2) is 0 Å². The predicted molar refractivity (Wildman–Crippen MR) is 127 cm³/mol. The van der Waals surface area contributed by atoms with E-state index in [1.54, 1.807) is 39.3 Å². The molecule has 3 amide bonds. The third-order valence-electron chi connectivity index (χ3n) is 6.32. The van der Waals surface area contributed by atoms with Crippen LogP contribution in [0.1, 0.15) is 36.2 Å². The quantitative estimate of drug-likeness (QED) is 0.425. The number of hydrogen-bond donors (Lipinski definition) is 0. The van der Waals surface area contributed by atoms with Crippen LogP contribution in [0.15, 0.2) is 36.5 Å². The minimum absolute atomic E-state index is 0.0424. The zero-order chi connectivity index (χ0) is 27.5. The first-order valence-electron chi connectivity index (χ1n) is 11.6. The topological polar surface area (TPSA) is 83.0 Å². The Bertz CT molecular complexity index is 1150. The zero-order valence-electron chi connectivity index (χ0n) is 20.9. The van der Waals surface area contributed by atoms with Gasteiger partial charge in [-0.05, 0) is 49.4 Å². The third kappa shape index (κ3) is 6.55. The van der Waals surface area contributed by atoms with Gasteiger partial charge in [0, 0.05) is 46.0 Å². The normalized spacial score (nSPS) is 17.6. The number of nitrogens with zero attached hydrogens (tertiary/aromatic N) is 4. The molecule has 0 radical (unpaired) electrons. The van der Waals surface area contributed by atoms with Gasteiger partial charge in [-0.3, -0.25) is 14.7 Å². The van der Waals surface area contributed by atoms with Crippen molar-refractivity contribution in [1.29, 1.82) is 0 Å². The molecule has 1 aliphatic carbocycles. The lowest BCUT2D eigenvalue weighted by Crippen LogP contribution is -2.47. The van der Waals surface area contributed by atoms with E-state index in [0.717, 1.165) is 4.90 Å². The highest BCUT2D eigenvalue weighted by atomic mass is 19.4. The number of amides is 3. The molecule has 0 saturated heterocycles. The van der Waals surface area contributed by atoms with Crippen LogP contribution in [0.25, 0.3) is 11.1 Å². The molecule has 12 heteroatoms. The van der Waals surface area contributed by atoms with Crippen molar-refractivity contribution in [3.8, 4) is 11.1 Å². The number of rotatable bonds is 5. The molecule has 8 nitrogen and oxygen atoms in total. The number of anilines is 1. The summed E-state index contributed by atoms with van der Waals surface area (Å²) in [6.07, 6.45) is -3.39. The summed E-state index contributed by atoms with van der Waals surface area (Å²) >= 11 is 0. The van der Waals surface area contributed by atoms with Gasteiger partial charge in [0.25, 0.3) is 5.91 Å². The smallest absolute Gasteiger partial charge is 0.456 e. The second-order valence-electron chi connectivity index (χ2n) is 9.08. The fourth-order valence-electron chi connectivity index (χ4n) is 4.14. The fourth-order valence-corrected chi connectivity index (χ4v) is 4.14. The number of ether oxygens (including phenoxy) is 1. The number of aromatic nitrogens is 1. The molecule has 37 heavy (non-hydrogen) atoms. The van der Waals surface area contributed by atoms with Crippen molar-refractivity contribution < 1.29 is 36.7 Å². The van der Waals surface area contributed by atoms with Crippen molar-refractivity contribution in [2.75, 3.05) is 33.1 Å². The van der Waals surface area contributed by atoms with Gasteiger partial charge in [0.1, 0.15) is 17.6 Å². The number of urea groups is 1. The van der Waals surface area contributed by atoms with Crippen molar-refractivity contribution in [2.24, 2.45) is 0 Å². The Labute approximate surface area is 211 Å². The number of carbonyl (C=O) groups is 3. The summed E-state index contributed by atoms with van der Waals surface area (Å²) in [4.78, 5) is 44.1. The molecule has 0 N–H and O–H groups in total. The molecule has 1 heterocycles. The first-order valence-corrected chi connectivity index (χ1v) is 11.6. The molecule has 1 saturated carbocycles. The van der Waals surface area contributed by atoms with E-state index >= 15 is 4.39 Å². The van der Waals surface area contributed by atoms with Gasteiger partial charge >= 0.3 is 18.2 Å². The second-order valence-corrected chi connectivity index (χ2v) is 9.08. The lowest BCUT2D eigenvalue weighted by molar-refractivity contribution is -0.206. The first-order chi connectivity index (χ1) is 17.3. The van der Waals surface area contributed by atoms with Gasteiger partial charge in [0.2, 0.25) is 0 Å². The molecule has 2 aromatic rings. The summed E-state index contributed by atoms with van der Waals surface area (Å²) in [5.41, 5.74) is 1.40. The Hall–Kier alpha value is -3.70. The number of alkyl halides is 3. The maximum atomic E-state index is 15.0. The van der Waals surface area contributed by atoms with Crippen molar-refractivity contribution in [3.05, 3.63) is 48.0 Å². The molecule has 0 unspecified atom stereocenters. The van der Waals surface area contributed by atoms with Gasteiger partial charge in [-0.25, -0.2) is 14.0 Å². The molecule has 1 aliphatic rings. The number of benzene rings is 1. The zero-order valence-corrected chi connectivity index (χ0v) is 20.9. The molecule has 3 rings (SSSR count). The second kappa shape index (κ2) is 11.1. The molecule has 1 fully saturated rings. The molecule has 0 bridgehead atoms. The predicted octanol–water partition coefficient (Wildman–Crippen LogP) is 4.49. The number of hydrogen-bond acceptors (Lipinski definition) is 5. The number of halogens is 4. The first kappa shape index (κ1) is 27.9. The number of esters is 1. The molecule has 0 atom stereocenters.